The normalized spacial score (nSPS) is 18.4. The first-order valence-electron chi connectivity index (χ1n) is 6.62. The van der Waals surface area contributed by atoms with E-state index in [4.69, 9.17) is 9.47 Å². The van der Waals surface area contributed by atoms with E-state index in [1.165, 1.54) is 37.7 Å². The maximum absolute atomic E-state index is 5.37. The zero-order valence-corrected chi connectivity index (χ0v) is 12.7. The summed E-state index contributed by atoms with van der Waals surface area (Å²) in [4.78, 5) is 0.428. The average molecular weight is 313 g/mol. The third kappa shape index (κ3) is 3.00. The number of rotatable bonds is 4. The highest BCUT2D eigenvalue weighted by Gasteiger charge is 2.23. The van der Waals surface area contributed by atoms with E-state index in [1.54, 1.807) is 14.2 Å². The molecule has 0 aliphatic heterocycles. The van der Waals surface area contributed by atoms with E-state index >= 15 is 0 Å². The van der Waals surface area contributed by atoms with Gasteiger partial charge in [0.15, 0.2) is 11.5 Å². The molecule has 1 fully saturated rings. The van der Waals surface area contributed by atoms with Gasteiger partial charge in [-0.2, -0.15) is 0 Å². The molecular weight excluding hydrogens is 292 g/mol. The van der Waals surface area contributed by atoms with Gasteiger partial charge in [0.05, 0.1) is 14.2 Å². The molecule has 1 aliphatic carbocycles. The van der Waals surface area contributed by atoms with Crippen molar-refractivity contribution in [1.82, 2.24) is 0 Å². The van der Waals surface area contributed by atoms with Gasteiger partial charge in [0, 0.05) is 4.83 Å². The first-order chi connectivity index (χ1) is 8.76. The summed E-state index contributed by atoms with van der Waals surface area (Å²) in [6, 6.07) is 6.22. The van der Waals surface area contributed by atoms with Crippen molar-refractivity contribution < 1.29 is 9.47 Å². The molecule has 0 radical (unpaired) electrons. The van der Waals surface area contributed by atoms with Gasteiger partial charge in [-0.1, -0.05) is 41.3 Å². The standard InChI is InChI=1S/C15H21BrO2/c1-17-13-9-8-12(10-14(13)18-2)15(16)11-6-4-3-5-7-11/h8-11,15H,3-7H2,1-2H3. The zero-order chi connectivity index (χ0) is 13.0. The van der Waals surface area contributed by atoms with Crippen LogP contribution in [0.2, 0.25) is 0 Å². The van der Waals surface area contributed by atoms with Gasteiger partial charge in [0.1, 0.15) is 0 Å². The molecule has 0 spiro atoms. The van der Waals surface area contributed by atoms with Crippen molar-refractivity contribution in [1.29, 1.82) is 0 Å². The molecule has 0 aromatic heterocycles. The summed E-state index contributed by atoms with van der Waals surface area (Å²) in [6.07, 6.45) is 6.76. The van der Waals surface area contributed by atoms with E-state index in [0.29, 0.717) is 4.83 Å². The summed E-state index contributed by atoms with van der Waals surface area (Å²) in [7, 11) is 3.36. The van der Waals surface area contributed by atoms with Crippen LogP contribution in [0, 0.1) is 5.92 Å². The monoisotopic (exact) mass is 312 g/mol. The molecule has 0 saturated heterocycles. The summed E-state index contributed by atoms with van der Waals surface area (Å²) in [5, 5.41) is 0. The lowest BCUT2D eigenvalue weighted by atomic mass is 9.85. The fourth-order valence-corrected chi connectivity index (χ4v) is 3.54. The Hall–Kier alpha value is -0.700. The first kappa shape index (κ1) is 13.7. The minimum Gasteiger partial charge on any atom is -0.493 e. The SMILES string of the molecule is COc1ccc(C(Br)C2CCCCC2)cc1OC. The lowest BCUT2D eigenvalue weighted by molar-refractivity contribution is 0.347. The van der Waals surface area contributed by atoms with Gasteiger partial charge >= 0.3 is 0 Å². The molecular formula is C15H21BrO2. The third-order valence-corrected chi connectivity index (χ3v) is 5.07. The minimum absolute atomic E-state index is 0.428. The van der Waals surface area contributed by atoms with E-state index in [2.05, 4.69) is 28.1 Å². The van der Waals surface area contributed by atoms with Gasteiger partial charge < -0.3 is 9.47 Å². The highest BCUT2D eigenvalue weighted by molar-refractivity contribution is 9.09. The molecule has 1 atom stereocenters. The molecule has 100 valence electrons. The highest BCUT2D eigenvalue weighted by atomic mass is 79.9. The number of methoxy groups -OCH3 is 2. The largest absolute Gasteiger partial charge is 0.493 e. The van der Waals surface area contributed by atoms with Crippen molar-refractivity contribution in [2.24, 2.45) is 5.92 Å². The van der Waals surface area contributed by atoms with Crippen LogP contribution in [0.5, 0.6) is 11.5 Å². The van der Waals surface area contributed by atoms with Gasteiger partial charge in [0.25, 0.3) is 0 Å². The second-order valence-electron chi connectivity index (χ2n) is 4.91. The topological polar surface area (TPSA) is 18.5 Å². The summed E-state index contributed by atoms with van der Waals surface area (Å²) >= 11 is 3.86. The third-order valence-electron chi connectivity index (χ3n) is 3.79. The van der Waals surface area contributed by atoms with Crippen LogP contribution in [0.15, 0.2) is 18.2 Å². The number of hydrogen-bond acceptors (Lipinski definition) is 2. The number of halogens is 1. The molecule has 1 aliphatic rings. The van der Waals surface area contributed by atoms with Crippen LogP contribution in [0.1, 0.15) is 42.5 Å². The van der Waals surface area contributed by atoms with Crippen LogP contribution in [0.4, 0.5) is 0 Å². The van der Waals surface area contributed by atoms with Crippen LogP contribution in [0.3, 0.4) is 0 Å². The van der Waals surface area contributed by atoms with Crippen molar-refractivity contribution in [3.8, 4) is 11.5 Å². The fourth-order valence-electron chi connectivity index (χ4n) is 2.72. The number of alkyl halides is 1. The number of ether oxygens (including phenoxy) is 2. The Kier molecular flexibility index (Phi) is 4.93. The van der Waals surface area contributed by atoms with E-state index in [-0.39, 0.29) is 0 Å². The molecule has 0 amide bonds. The van der Waals surface area contributed by atoms with E-state index in [0.717, 1.165) is 17.4 Å². The Morgan fingerprint density at radius 2 is 1.72 bits per heavy atom. The molecule has 1 unspecified atom stereocenters. The average Bonchev–Trinajstić information content (AvgIpc) is 2.46. The second-order valence-corrected chi connectivity index (χ2v) is 5.90. The summed E-state index contributed by atoms with van der Waals surface area (Å²) in [5.74, 6) is 2.36. The number of benzene rings is 1. The van der Waals surface area contributed by atoms with Gasteiger partial charge in [-0.15, -0.1) is 0 Å². The molecule has 0 bridgehead atoms. The molecule has 0 heterocycles. The molecule has 1 saturated carbocycles. The van der Waals surface area contributed by atoms with Crippen molar-refractivity contribution in [3.05, 3.63) is 23.8 Å². The Morgan fingerprint density at radius 1 is 1.06 bits per heavy atom. The zero-order valence-electron chi connectivity index (χ0n) is 11.1. The Bertz CT molecular complexity index is 386. The lowest BCUT2D eigenvalue weighted by Crippen LogP contribution is -2.12. The quantitative estimate of drug-likeness (QED) is 0.749. The molecule has 1 aromatic rings. The second kappa shape index (κ2) is 6.46. The maximum Gasteiger partial charge on any atom is 0.161 e. The number of hydrogen-bond donors (Lipinski definition) is 0. The van der Waals surface area contributed by atoms with E-state index in [9.17, 15) is 0 Å². The Morgan fingerprint density at radius 3 is 2.33 bits per heavy atom. The summed E-state index contributed by atoms with van der Waals surface area (Å²) in [5.41, 5.74) is 1.29. The van der Waals surface area contributed by atoms with Crippen LogP contribution < -0.4 is 9.47 Å². The Labute approximate surface area is 118 Å². The predicted octanol–water partition coefficient (Wildman–Crippen LogP) is 4.72. The first-order valence-corrected chi connectivity index (χ1v) is 7.54. The van der Waals surface area contributed by atoms with Gasteiger partial charge in [0.2, 0.25) is 0 Å². The van der Waals surface area contributed by atoms with Gasteiger partial charge in [-0.05, 0) is 36.5 Å². The maximum atomic E-state index is 5.37. The predicted molar refractivity (Wildman–Crippen MR) is 77.8 cm³/mol. The van der Waals surface area contributed by atoms with Crippen LogP contribution in [-0.2, 0) is 0 Å². The lowest BCUT2D eigenvalue weighted by Gasteiger charge is -2.27. The highest BCUT2D eigenvalue weighted by Crippen LogP contribution is 2.42. The molecule has 0 N–H and O–H groups in total. The van der Waals surface area contributed by atoms with Crippen LogP contribution in [0.25, 0.3) is 0 Å². The van der Waals surface area contributed by atoms with Gasteiger partial charge in [-0.25, -0.2) is 0 Å². The van der Waals surface area contributed by atoms with Crippen molar-refractivity contribution in [3.63, 3.8) is 0 Å². The van der Waals surface area contributed by atoms with Crippen LogP contribution >= 0.6 is 15.9 Å². The summed E-state index contributed by atoms with van der Waals surface area (Å²) in [6.45, 7) is 0. The van der Waals surface area contributed by atoms with Crippen molar-refractivity contribution in [2.75, 3.05) is 14.2 Å². The smallest absolute Gasteiger partial charge is 0.161 e. The Balaban J connectivity index is 2.16. The molecule has 18 heavy (non-hydrogen) atoms. The summed E-state index contributed by atoms with van der Waals surface area (Å²) < 4.78 is 10.6. The van der Waals surface area contributed by atoms with E-state index < -0.39 is 0 Å². The van der Waals surface area contributed by atoms with Crippen molar-refractivity contribution in [2.45, 2.75) is 36.9 Å². The van der Waals surface area contributed by atoms with Crippen molar-refractivity contribution >= 4 is 15.9 Å². The molecule has 2 rings (SSSR count). The van der Waals surface area contributed by atoms with Crippen LogP contribution in [-0.4, -0.2) is 14.2 Å². The van der Waals surface area contributed by atoms with Gasteiger partial charge in [-0.3, -0.25) is 0 Å². The minimum atomic E-state index is 0.428. The fraction of sp³-hybridized carbons (Fsp3) is 0.600. The molecule has 3 heteroatoms. The molecule has 2 nitrogen and oxygen atoms in total. The molecule has 1 aromatic carbocycles. The van der Waals surface area contributed by atoms with E-state index in [1.807, 2.05) is 6.07 Å².